The van der Waals surface area contributed by atoms with Crippen molar-refractivity contribution in [3.05, 3.63) is 77.9 Å². The molecule has 1 amide bonds. The highest BCUT2D eigenvalue weighted by atomic mass is 16.5. The molecule has 5 nitrogen and oxygen atoms in total. The number of fused-ring (bicyclic) bond motifs is 2. The van der Waals surface area contributed by atoms with Gasteiger partial charge in [-0.05, 0) is 58.5 Å². The van der Waals surface area contributed by atoms with Gasteiger partial charge in [0.1, 0.15) is 0 Å². The van der Waals surface area contributed by atoms with Gasteiger partial charge in [-0.2, -0.15) is 0 Å². The Morgan fingerprint density at radius 1 is 0.964 bits per heavy atom. The number of benzene rings is 3. The van der Waals surface area contributed by atoms with E-state index in [1.807, 2.05) is 12.1 Å². The third kappa shape index (κ3) is 3.13. The summed E-state index contributed by atoms with van der Waals surface area (Å²) in [6, 6.07) is 23.2. The van der Waals surface area contributed by atoms with Gasteiger partial charge in [0.25, 0.3) is 5.91 Å². The fourth-order valence-corrected chi connectivity index (χ4v) is 4.51. The minimum atomic E-state index is -0.478. The van der Waals surface area contributed by atoms with E-state index in [4.69, 9.17) is 5.21 Å². The Kier molecular flexibility index (Phi) is 4.26. The van der Waals surface area contributed by atoms with E-state index >= 15 is 0 Å². The predicted molar refractivity (Wildman–Crippen MR) is 109 cm³/mol. The summed E-state index contributed by atoms with van der Waals surface area (Å²) >= 11 is 0. The standard InChI is InChI=1S/C23H23N3O2/c27-23(25-28)17-7-9-19(10-8-17)26-13-20-21(14-26)22(20)24-12-15-5-6-16-3-1-2-4-18(16)11-15/h1-11,20-22,24,28H,12-14H2,(H,25,27). The molecule has 2 fully saturated rings. The average molecular weight is 373 g/mol. The molecule has 28 heavy (non-hydrogen) atoms. The van der Waals surface area contributed by atoms with Crippen LogP contribution in [0.5, 0.6) is 0 Å². The fraction of sp³-hybridized carbons (Fsp3) is 0.261. The minimum Gasteiger partial charge on any atom is -0.371 e. The van der Waals surface area contributed by atoms with Gasteiger partial charge < -0.3 is 10.2 Å². The van der Waals surface area contributed by atoms with Crippen LogP contribution in [0.4, 0.5) is 5.69 Å². The molecule has 0 bridgehead atoms. The Hall–Kier alpha value is -2.89. The topological polar surface area (TPSA) is 64.6 Å². The van der Waals surface area contributed by atoms with Crippen LogP contribution in [0.1, 0.15) is 15.9 Å². The fourth-order valence-electron chi connectivity index (χ4n) is 4.51. The monoisotopic (exact) mass is 373 g/mol. The number of anilines is 1. The number of hydrogen-bond donors (Lipinski definition) is 3. The second-order valence-electron chi connectivity index (χ2n) is 7.81. The Bertz CT molecular complexity index is 1010. The van der Waals surface area contributed by atoms with Crippen molar-refractivity contribution in [1.29, 1.82) is 0 Å². The lowest BCUT2D eigenvalue weighted by Crippen LogP contribution is -2.31. The second-order valence-corrected chi connectivity index (χ2v) is 7.81. The van der Waals surface area contributed by atoms with Crippen molar-refractivity contribution in [2.24, 2.45) is 11.8 Å². The van der Waals surface area contributed by atoms with Crippen molar-refractivity contribution in [2.45, 2.75) is 12.6 Å². The van der Waals surface area contributed by atoms with Crippen LogP contribution in [0.3, 0.4) is 0 Å². The Morgan fingerprint density at radius 2 is 1.68 bits per heavy atom. The van der Waals surface area contributed by atoms with Crippen molar-refractivity contribution in [3.8, 4) is 0 Å². The highest BCUT2D eigenvalue weighted by molar-refractivity contribution is 5.93. The van der Waals surface area contributed by atoms with Gasteiger partial charge in [-0.3, -0.25) is 10.0 Å². The molecule has 0 aromatic heterocycles. The third-order valence-corrected chi connectivity index (χ3v) is 6.15. The number of carbonyl (C=O) groups is 1. The van der Waals surface area contributed by atoms with Gasteiger partial charge in [-0.1, -0.05) is 36.4 Å². The van der Waals surface area contributed by atoms with Gasteiger partial charge in [0, 0.05) is 36.9 Å². The van der Waals surface area contributed by atoms with E-state index in [1.54, 1.807) is 17.6 Å². The second kappa shape index (κ2) is 6.93. The maximum atomic E-state index is 11.4. The zero-order valence-corrected chi connectivity index (χ0v) is 15.5. The number of amides is 1. The molecule has 1 saturated carbocycles. The molecule has 3 aromatic carbocycles. The molecular weight excluding hydrogens is 350 g/mol. The Morgan fingerprint density at radius 3 is 2.39 bits per heavy atom. The first-order valence-corrected chi connectivity index (χ1v) is 9.73. The van der Waals surface area contributed by atoms with Gasteiger partial charge in [0.2, 0.25) is 0 Å². The highest BCUT2D eigenvalue weighted by Gasteiger charge is 2.55. The highest BCUT2D eigenvalue weighted by Crippen LogP contribution is 2.46. The summed E-state index contributed by atoms with van der Waals surface area (Å²) in [5, 5.41) is 15.0. The number of piperidine rings is 1. The quantitative estimate of drug-likeness (QED) is 0.475. The minimum absolute atomic E-state index is 0.463. The number of hydroxylamine groups is 1. The Balaban J connectivity index is 1.16. The van der Waals surface area contributed by atoms with Crippen LogP contribution in [-0.2, 0) is 6.54 Å². The summed E-state index contributed by atoms with van der Waals surface area (Å²) < 4.78 is 0. The normalized spacial score (nSPS) is 22.9. The van der Waals surface area contributed by atoms with Crippen LogP contribution in [0.15, 0.2) is 66.7 Å². The van der Waals surface area contributed by atoms with Crippen LogP contribution in [0, 0.1) is 11.8 Å². The molecule has 5 rings (SSSR count). The van der Waals surface area contributed by atoms with Crippen LogP contribution in [0.25, 0.3) is 10.8 Å². The van der Waals surface area contributed by atoms with Gasteiger partial charge in [-0.15, -0.1) is 0 Å². The van der Waals surface area contributed by atoms with Crippen LogP contribution >= 0.6 is 0 Å². The molecule has 1 heterocycles. The maximum absolute atomic E-state index is 11.4. The number of nitrogens with zero attached hydrogens (tertiary/aromatic N) is 1. The van der Waals surface area contributed by atoms with E-state index in [-0.39, 0.29) is 0 Å². The van der Waals surface area contributed by atoms with Crippen LogP contribution in [-0.4, -0.2) is 30.2 Å². The molecule has 0 spiro atoms. The van der Waals surface area contributed by atoms with Crippen LogP contribution < -0.4 is 15.7 Å². The van der Waals surface area contributed by atoms with E-state index in [0.717, 1.165) is 25.3 Å². The summed E-state index contributed by atoms with van der Waals surface area (Å²) in [6.07, 6.45) is 0. The molecule has 0 radical (unpaired) electrons. The molecule has 2 unspecified atom stereocenters. The van der Waals surface area contributed by atoms with E-state index in [2.05, 4.69) is 52.7 Å². The first kappa shape index (κ1) is 17.2. The van der Waals surface area contributed by atoms with Crippen LogP contribution in [0.2, 0.25) is 0 Å². The lowest BCUT2D eigenvalue weighted by atomic mass is 10.1. The smallest absolute Gasteiger partial charge is 0.274 e. The lowest BCUT2D eigenvalue weighted by Gasteiger charge is -2.22. The molecule has 1 aliphatic heterocycles. The first-order chi connectivity index (χ1) is 13.7. The van der Waals surface area contributed by atoms with Crippen molar-refractivity contribution >= 4 is 22.4 Å². The van der Waals surface area contributed by atoms with Gasteiger partial charge in [0.05, 0.1) is 0 Å². The number of rotatable bonds is 5. The first-order valence-electron chi connectivity index (χ1n) is 9.73. The molecule has 1 saturated heterocycles. The van der Waals surface area contributed by atoms with E-state index in [0.29, 0.717) is 23.4 Å². The molecular formula is C23H23N3O2. The van der Waals surface area contributed by atoms with Crippen molar-refractivity contribution in [2.75, 3.05) is 18.0 Å². The SMILES string of the molecule is O=C(NO)c1ccc(N2CC3C(C2)C3NCc2ccc3ccccc3c2)cc1. The van der Waals surface area contributed by atoms with E-state index < -0.39 is 5.91 Å². The van der Waals surface area contributed by atoms with Crippen molar-refractivity contribution in [3.63, 3.8) is 0 Å². The number of carbonyl (C=O) groups excluding carboxylic acids is 1. The molecule has 142 valence electrons. The maximum Gasteiger partial charge on any atom is 0.274 e. The van der Waals surface area contributed by atoms with E-state index in [1.165, 1.54) is 16.3 Å². The third-order valence-electron chi connectivity index (χ3n) is 6.15. The largest absolute Gasteiger partial charge is 0.371 e. The molecule has 1 aliphatic carbocycles. The lowest BCUT2D eigenvalue weighted by molar-refractivity contribution is 0.0706. The average Bonchev–Trinajstić information content (AvgIpc) is 3.20. The van der Waals surface area contributed by atoms with Gasteiger partial charge in [0.15, 0.2) is 0 Å². The zero-order valence-electron chi connectivity index (χ0n) is 15.5. The predicted octanol–water partition coefficient (Wildman–Crippen LogP) is 3.18. The molecule has 2 aliphatic rings. The summed E-state index contributed by atoms with van der Waals surface area (Å²) in [7, 11) is 0. The van der Waals surface area contributed by atoms with Crippen molar-refractivity contribution < 1.29 is 10.0 Å². The zero-order chi connectivity index (χ0) is 19.1. The molecule has 5 heteroatoms. The number of nitrogens with one attached hydrogen (secondary N) is 2. The molecule has 3 aromatic rings. The van der Waals surface area contributed by atoms with Gasteiger partial charge >= 0.3 is 0 Å². The summed E-state index contributed by atoms with van der Waals surface area (Å²) in [5.74, 6) is 0.913. The molecule has 2 atom stereocenters. The summed E-state index contributed by atoms with van der Waals surface area (Å²) in [5.41, 5.74) is 4.60. The molecule has 3 N–H and O–H groups in total. The van der Waals surface area contributed by atoms with Gasteiger partial charge in [-0.25, -0.2) is 5.48 Å². The van der Waals surface area contributed by atoms with E-state index in [9.17, 15) is 4.79 Å². The Labute approximate surface area is 163 Å². The van der Waals surface area contributed by atoms with Crippen molar-refractivity contribution in [1.82, 2.24) is 10.8 Å². The summed E-state index contributed by atoms with van der Waals surface area (Å²) in [4.78, 5) is 13.8. The number of hydrogen-bond acceptors (Lipinski definition) is 4. The summed E-state index contributed by atoms with van der Waals surface area (Å²) in [6.45, 7) is 3.00.